The van der Waals surface area contributed by atoms with Gasteiger partial charge in [0.25, 0.3) is 0 Å². The number of ether oxygens (including phenoxy) is 1. The summed E-state index contributed by atoms with van der Waals surface area (Å²) in [6.07, 6.45) is 3.86. The third-order valence-electron chi connectivity index (χ3n) is 1.78. The van der Waals surface area contributed by atoms with Gasteiger partial charge >= 0.3 is 0 Å². The standard InChI is InChI=1S/C11H13ClO/c1-9-5-6-10(4-3-7-12)11(8-9)13-2/h3-6,8H,7H2,1-2H3. The Morgan fingerprint density at radius 2 is 2.23 bits per heavy atom. The summed E-state index contributed by atoms with van der Waals surface area (Å²) < 4.78 is 5.23. The molecule has 0 aromatic heterocycles. The number of halogens is 1. The minimum atomic E-state index is 0.525. The highest BCUT2D eigenvalue weighted by Gasteiger charge is 1.98. The lowest BCUT2D eigenvalue weighted by molar-refractivity contribution is 0.413. The lowest BCUT2D eigenvalue weighted by atomic mass is 10.1. The fraction of sp³-hybridized carbons (Fsp3) is 0.273. The molecule has 0 unspecified atom stereocenters. The van der Waals surface area contributed by atoms with E-state index in [9.17, 15) is 0 Å². The Labute approximate surface area is 84.0 Å². The molecule has 0 saturated heterocycles. The van der Waals surface area contributed by atoms with Crippen molar-refractivity contribution >= 4 is 17.7 Å². The largest absolute Gasteiger partial charge is 0.496 e. The van der Waals surface area contributed by atoms with Crippen molar-refractivity contribution in [2.45, 2.75) is 6.92 Å². The zero-order chi connectivity index (χ0) is 9.68. The van der Waals surface area contributed by atoms with Gasteiger partial charge in [0.2, 0.25) is 0 Å². The SMILES string of the molecule is COc1cc(C)ccc1C=CCCl. The molecule has 0 N–H and O–H groups in total. The highest BCUT2D eigenvalue weighted by Crippen LogP contribution is 2.20. The number of methoxy groups -OCH3 is 1. The third-order valence-corrected chi connectivity index (χ3v) is 1.95. The Morgan fingerprint density at radius 3 is 2.85 bits per heavy atom. The first kappa shape index (κ1) is 10.1. The van der Waals surface area contributed by atoms with Crippen LogP contribution in [-0.2, 0) is 0 Å². The van der Waals surface area contributed by atoms with Crippen LogP contribution in [-0.4, -0.2) is 13.0 Å². The first-order valence-corrected chi connectivity index (χ1v) is 4.68. The van der Waals surface area contributed by atoms with Gasteiger partial charge in [-0.05, 0) is 18.6 Å². The van der Waals surface area contributed by atoms with Gasteiger partial charge in [0, 0.05) is 11.4 Å². The van der Waals surface area contributed by atoms with E-state index in [-0.39, 0.29) is 0 Å². The lowest BCUT2D eigenvalue weighted by Crippen LogP contribution is -1.87. The smallest absolute Gasteiger partial charge is 0.126 e. The van der Waals surface area contributed by atoms with E-state index in [4.69, 9.17) is 16.3 Å². The second kappa shape index (κ2) is 4.93. The number of benzene rings is 1. The van der Waals surface area contributed by atoms with Crippen molar-refractivity contribution in [1.29, 1.82) is 0 Å². The minimum Gasteiger partial charge on any atom is -0.496 e. The first-order valence-electron chi connectivity index (χ1n) is 4.15. The average molecular weight is 197 g/mol. The van der Waals surface area contributed by atoms with Crippen LogP contribution in [0.3, 0.4) is 0 Å². The number of allylic oxidation sites excluding steroid dienone is 1. The third kappa shape index (κ3) is 2.78. The van der Waals surface area contributed by atoms with Crippen LogP contribution in [0.1, 0.15) is 11.1 Å². The quantitative estimate of drug-likeness (QED) is 0.675. The fourth-order valence-electron chi connectivity index (χ4n) is 1.13. The molecule has 0 fully saturated rings. The topological polar surface area (TPSA) is 9.23 Å². The number of hydrogen-bond acceptors (Lipinski definition) is 1. The molecular weight excluding hydrogens is 184 g/mol. The molecule has 0 aliphatic carbocycles. The minimum absolute atomic E-state index is 0.525. The zero-order valence-electron chi connectivity index (χ0n) is 7.88. The van der Waals surface area contributed by atoms with Gasteiger partial charge in [0.15, 0.2) is 0 Å². The van der Waals surface area contributed by atoms with Gasteiger partial charge in [-0.2, -0.15) is 0 Å². The highest BCUT2D eigenvalue weighted by atomic mass is 35.5. The van der Waals surface area contributed by atoms with E-state index in [0.717, 1.165) is 11.3 Å². The Morgan fingerprint density at radius 1 is 1.46 bits per heavy atom. The Kier molecular flexibility index (Phi) is 3.84. The molecule has 0 radical (unpaired) electrons. The Bertz CT molecular complexity index is 305. The average Bonchev–Trinajstić information content (AvgIpc) is 2.16. The molecule has 0 saturated carbocycles. The Balaban J connectivity index is 2.99. The predicted molar refractivity (Wildman–Crippen MR) is 57.5 cm³/mol. The van der Waals surface area contributed by atoms with Crippen LogP contribution in [0.15, 0.2) is 24.3 Å². The molecule has 0 atom stereocenters. The van der Waals surface area contributed by atoms with E-state index in [1.54, 1.807) is 7.11 Å². The summed E-state index contributed by atoms with van der Waals surface area (Å²) in [6, 6.07) is 6.08. The molecule has 0 heterocycles. The monoisotopic (exact) mass is 196 g/mol. The van der Waals surface area contributed by atoms with Crippen LogP contribution >= 0.6 is 11.6 Å². The fourth-order valence-corrected chi connectivity index (χ4v) is 1.22. The normalized spacial score (nSPS) is 10.7. The summed E-state index contributed by atoms with van der Waals surface area (Å²) in [7, 11) is 1.67. The number of hydrogen-bond donors (Lipinski definition) is 0. The van der Waals surface area contributed by atoms with Gasteiger partial charge in [0.05, 0.1) is 7.11 Å². The predicted octanol–water partition coefficient (Wildman–Crippen LogP) is 3.26. The molecule has 13 heavy (non-hydrogen) atoms. The molecule has 1 aromatic rings. The summed E-state index contributed by atoms with van der Waals surface area (Å²) in [4.78, 5) is 0. The van der Waals surface area contributed by atoms with Crippen LogP contribution in [0.25, 0.3) is 6.08 Å². The molecule has 0 aliphatic rings. The van der Waals surface area contributed by atoms with Crippen molar-refractivity contribution in [1.82, 2.24) is 0 Å². The zero-order valence-corrected chi connectivity index (χ0v) is 8.64. The van der Waals surface area contributed by atoms with E-state index in [2.05, 4.69) is 6.07 Å². The van der Waals surface area contributed by atoms with Crippen LogP contribution in [0, 0.1) is 6.92 Å². The molecule has 1 aromatic carbocycles. The summed E-state index contributed by atoms with van der Waals surface area (Å²) in [5.41, 5.74) is 2.26. The van der Waals surface area contributed by atoms with Gasteiger partial charge in [0.1, 0.15) is 5.75 Å². The van der Waals surface area contributed by atoms with Crippen LogP contribution in [0.4, 0.5) is 0 Å². The summed E-state index contributed by atoms with van der Waals surface area (Å²) in [6.45, 7) is 2.04. The van der Waals surface area contributed by atoms with Crippen LogP contribution < -0.4 is 4.74 Å². The van der Waals surface area contributed by atoms with E-state index >= 15 is 0 Å². The highest BCUT2D eigenvalue weighted by molar-refractivity contribution is 6.19. The van der Waals surface area contributed by atoms with Gasteiger partial charge in [-0.3, -0.25) is 0 Å². The maximum atomic E-state index is 5.55. The van der Waals surface area contributed by atoms with Crippen molar-refractivity contribution < 1.29 is 4.74 Å². The van der Waals surface area contributed by atoms with Gasteiger partial charge in [-0.1, -0.05) is 24.3 Å². The van der Waals surface area contributed by atoms with Crippen LogP contribution in [0.5, 0.6) is 5.75 Å². The summed E-state index contributed by atoms with van der Waals surface area (Å²) in [5.74, 6) is 1.41. The van der Waals surface area contributed by atoms with Crippen molar-refractivity contribution in [3.8, 4) is 5.75 Å². The van der Waals surface area contributed by atoms with E-state index in [1.807, 2.05) is 31.2 Å². The van der Waals surface area contributed by atoms with Crippen LogP contribution in [0.2, 0.25) is 0 Å². The van der Waals surface area contributed by atoms with Gasteiger partial charge in [-0.15, -0.1) is 11.6 Å². The molecular formula is C11H13ClO. The molecule has 1 nitrogen and oxygen atoms in total. The molecule has 0 amide bonds. The van der Waals surface area contributed by atoms with Gasteiger partial charge in [-0.25, -0.2) is 0 Å². The molecule has 0 spiro atoms. The van der Waals surface area contributed by atoms with E-state index in [0.29, 0.717) is 5.88 Å². The van der Waals surface area contributed by atoms with Crippen molar-refractivity contribution in [3.63, 3.8) is 0 Å². The lowest BCUT2D eigenvalue weighted by Gasteiger charge is -2.05. The number of alkyl halides is 1. The molecule has 2 heteroatoms. The summed E-state index contributed by atoms with van der Waals surface area (Å²) >= 11 is 5.55. The maximum absolute atomic E-state index is 5.55. The number of rotatable bonds is 3. The van der Waals surface area contributed by atoms with Crippen molar-refractivity contribution in [3.05, 3.63) is 35.4 Å². The van der Waals surface area contributed by atoms with Crippen molar-refractivity contribution in [2.75, 3.05) is 13.0 Å². The molecule has 1 rings (SSSR count). The molecule has 0 aliphatic heterocycles. The van der Waals surface area contributed by atoms with E-state index in [1.165, 1.54) is 5.56 Å². The van der Waals surface area contributed by atoms with E-state index < -0.39 is 0 Å². The molecule has 0 bridgehead atoms. The van der Waals surface area contributed by atoms with Gasteiger partial charge < -0.3 is 4.74 Å². The second-order valence-electron chi connectivity index (χ2n) is 2.80. The van der Waals surface area contributed by atoms with Crippen molar-refractivity contribution in [2.24, 2.45) is 0 Å². The maximum Gasteiger partial charge on any atom is 0.126 e. The molecule has 70 valence electrons. The number of aryl methyl sites for hydroxylation is 1. The first-order chi connectivity index (χ1) is 6.27. The second-order valence-corrected chi connectivity index (χ2v) is 3.11. The summed E-state index contributed by atoms with van der Waals surface area (Å²) in [5, 5.41) is 0. The Hall–Kier alpha value is -0.950.